The summed E-state index contributed by atoms with van der Waals surface area (Å²) in [6.07, 6.45) is 6.00. The highest BCUT2D eigenvalue weighted by molar-refractivity contribution is 6.24. The number of imide groups is 2. The van der Waals surface area contributed by atoms with Crippen LogP contribution >= 0.6 is 0 Å². The molecule has 0 radical (unpaired) electrons. The van der Waals surface area contributed by atoms with Crippen LogP contribution in [0.2, 0.25) is 0 Å². The highest BCUT2D eigenvalue weighted by Crippen LogP contribution is 2.36. The molecule has 2 saturated heterocycles. The maximum Gasteiger partial charge on any atom is 0.328 e. The number of aromatic nitrogens is 2. The molecule has 6 rings (SSSR count). The first-order valence-electron chi connectivity index (χ1n) is 11.8. The first kappa shape index (κ1) is 22.7. The minimum Gasteiger partial charge on any atom is -0.475 e. The average molecular weight is 498 g/mol. The third kappa shape index (κ3) is 4.03. The standard InChI is InChI=1S/C26H22N6O5/c33-23-26(24(34)31-25(35)30-23)10-2-12-32(26)18-6-9-21(28-14-18)37-19-7-4-16(5-8-19)22-29-20(15-36-22)17-3-1-11-27-13-17/h1,3-9,11,13-14,20H,2,10,12,15H2,(H2,30,31,33,34,35). The number of benzene rings is 1. The number of anilines is 1. The molecule has 0 saturated carbocycles. The van der Waals surface area contributed by atoms with E-state index in [0.29, 0.717) is 49.2 Å². The van der Waals surface area contributed by atoms with Crippen molar-refractivity contribution in [2.24, 2.45) is 4.99 Å². The van der Waals surface area contributed by atoms with Crippen molar-refractivity contribution in [2.75, 3.05) is 18.1 Å². The Morgan fingerprint density at radius 2 is 1.81 bits per heavy atom. The predicted molar refractivity (Wildman–Crippen MR) is 131 cm³/mol. The van der Waals surface area contributed by atoms with Crippen LogP contribution in [0.4, 0.5) is 10.5 Å². The molecule has 1 unspecified atom stereocenters. The van der Waals surface area contributed by atoms with Gasteiger partial charge in [0.1, 0.15) is 18.4 Å². The third-order valence-corrected chi connectivity index (χ3v) is 6.66. The molecule has 2 N–H and O–H groups in total. The Morgan fingerprint density at radius 1 is 1.00 bits per heavy atom. The molecule has 3 aliphatic heterocycles. The third-order valence-electron chi connectivity index (χ3n) is 6.66. The van der Waals surface area contributed by atoms with Gasteiger partial charge in [-0.15, -0.1) is 0 Å². The summed E-state index contributed by atoms with van der Waals surface area (Å²) in [7, 11) is 0. The number of hydrogen-bond donors (Lipinski definition) is 2. The van der Waals surface area contributed by atoms with Gasteiger partial charge in [-0.1, -0.05) is 6.07 Å². The van der Waals surface area contributed by atoms with E-state index in [2.05, 4.69) is 25.6 Å². The summed E-state index contributed by atoms with van der Waals surface area (Å²) < 4.78 is 11.7. The predicted octanol–water partition coefficient (Wildman–Crippen LogP) is 2.49. The van der Waals surface area contributed by atoms with Gasteiger partial charge >= 0.3 is 6.03 Å². The number of pyridine rings is 2. The fourth-order valence-electron chi connectivity index (χ4n) is 4.84. The lowest BCUT2D eigenvalue weighted by Crippen LogP contribution is -2.71. The van der Waals surface area contributed by atoms with E-state index in [1.54, 1.807) is 47.8 Å². The van der Waals surface area contributed by atoms with Crippen LogP contribution in [-0.2, 0) is 14.3 Å². The van der Waals surface area contributed by atoms with E-state index < -0.39 is 23.4 Å². The van der Waals surface area contributed by atoms with Gasteiger partial charge < -0.3 is 14.4 Å². The first-order valence-corrected chi connectivity index (χ1v) is 11.8. The van der Waals surface area contributed by atoms with Crippen LogP contribution in [0.1, 0.15) is 30.0 Å². The number of nitrogens with one attached hydrogen (secondary N) is 2. The monoisotopic (exact) mass is 498 g/mol. The first-order chi connectivity index (χ1) is 18.0. The molecule has 186 valence electrons. The van der Waals surface area contributed by atoms with E-state index in [0.717, 1.165) is 11.1 Å². The summed E-state index contributed by atoms with van der Waals surface area (Å²) in [4.78, 5) is 51.7. The van der Waals surface area contributed by atoms with Gasteiger partial charge in [-0.25, -0.2) is 14.8 Å². The molecule has 0 aliphatic carbocycles. The van der Waals surface area contributed by atoms with E-state index in [4.69, 9.17) is 9.47 Å². The lowest BCUT2D eigenvalue weighted by Gasteiger charge is -2.38. The zero-order chi connectivity index (χ0) is 25.4. The lowest BCUT2D eigenvalue weighted by atomic mass is 9.92. The molecule has 4 amide bonds. The van der Waals surface area contributed by atoms with Crippen LogP contribution < -0.4 is 20.3 Å². The summed E-state index contributed by atoms with van der Waals surface area (Å²) in [5, 5.41) is 4.41. The van der Waals surface area contributed by atoms with Crippen molar-refractivity contribution in [3.8, 4) is 11.6 Å². The molecule has 37 heavy (non-hydrogen) atoms. The molecule has 5 heterocycles. The van der Waals surface area contributed by atoms with Gasteiger partial charge in [0.15, 0.2) is 5.54 Å². The van der Waals surface area contributed by atoms with Crippen LogP contribution in [0, 0.1) is 0 Å². The second-order valence-electron chi connectivity index (χ2n) is 8.88. The van der Waals surface area contributed by atoms with Gasteiger partial charge in [0.2, 0.25) is 11.8 Å². The summed E-state index contributed by atoms with van der Waals surface area (Å²) in [5.74, 6) is 0.251. The largest absolute Gasteiger partial charge is 0.475 e. The van der Waals surface area contributed by atoms with Crippen molar-refractivity contribution in [3.05, 3.63) is 78.2 Å². The van der Waals surface area contributed by atoms with Crippen molar-refractivity contribution in [3.63, 3.8) is 0 Å². The quantitative estimate of drug-likeness (QED) is 0.513. The molecule has 0 bridgehead atoms. The number of hydrogen-bond acceptors (Lipinski definition) is 9. The van der Waals surface area contributed by atoms with E-state index in [1.807, 2.05) is 24.3 Å². The minimum atomic E-state index is -1.46. The Hall–Kier alpha value is -4.80. The summed E-state index contributed by atoms with van der Waals surface area (Å²) in [6.45, 7) is 0.944. The van der Waals surface area contributed by atoms with Crippen LogP contribution in [0.15, 0.2) is 72.1 Å². The summed E-state index contributed by atoms with van der Waals surface area (Å²) >= 11 is 0. The van der Waals surface area contributed by atoms with Gasteiger partial charge in [0.05, 0.1) is 11.9 Å². The Morgan fingerprint density at radius 3 is 2.51 bits per heavy atom. The molecule has 2 aromatic heterocycles. The number of amides is 4. The van der Waals surface area contributed by atoms with Crippen molar-refractivity contribution in [1.82, 2.24) is 20.6 Å². The minimum absolute atomic E-state index is 0.0802. The SMILES string of the molecule is O=C1NC(=O)C2(CCCN2c2ccc(Oc3ccc(C4=NC(c5cccnc5)CO4)cc3)nc2)C(=O)N1. The maximum atomic E-state index is 12.6. The van der Waals surface area contributed by atoms with Gasteiger partial charge in [-0.2, -0.15) is 0 Å². The van der Waals surface area contributed by atoms with Crippen LogP contribution in [0.25, 0.3) is 0 Å². The number of barbiturate groups is 1. The highest BCUT2D eigenvalue weighted by atomic mass is 16.5. The van der Waals surface area contributed by atoms with E-state index in [-0.39, 0.29) is 6.04 Å². The van der Waals surface area contributed by atoms with E-state index >= 15 is 0 Å². The number of carbonyl (C=O) groups is 3. The Kier molecular flexibility index (Phi) is 5.52. The molecular formula is C26H22N6O5. The number of urea groups is 1. The number of aliphatic imine (C=N–C) groups is 1. The lowest BCUT2D eigenvalue weighted by molar-refractivity contribution is -0.137. The number of ether oxygens (including phenoxy) is 2. The van der Waals surface area contributed by atoms with Crippen LogP contribution in [0.5, 0.6) is 11.6 Å². The summed E-state index contributed by atoms with van der Waals surface area (Å²) in [6, 6.07) is 13.7. The fourth-order valence-corrected chi connectivity index (χ4v) is 4.84. The molecular weight excluding hydrogens is 476 g/mol. The van der Waals surface area contributed by atoms with Gasteiger partial charge in [-0.3, -0.25) is 25.2 Å². The molecule has 1 atom stereocenters. The smallest absolute Gasteiger partial charge is 0.328 e. The second-order valence-corrected chi connectivity index (χ2v) is 8.88. The Bertz CT molecular complexity index is 1370. The van der Waals surface area contributed by atoms with Crippen molar-refractivity contribution >= 4 is 29.4 Å². The highest BCUT2D eigenvalue weighted by Gasteiger charge is 2.57. The molecule has 3 aromatic rings. The molecule has 2 fully saturated rings. The molecule has 11 nitrogen and oxygen atoms in total. The zero-order valence-corrected chi connectivity index (χ0v) is 19.6. The van der Waals surface area contributed by atoms with Crippen molar-refractivity contribution in [1.29, 1.82) is 0 Å². The average Bonchev–Trinajstić information content (AvgIpc) is 3.58. The van der Waals surface area contributed by atoms with Gasteiger partial charge in [0, 0.05) is 30.6 Å². The molecule has 3 aliphatic rings. The second kappa shape index (κ2) is 9.01. The molecule has 11 heteroatoms. The Labute approximate surface area is 211 Å². The number of rotatable bonds is 5. The van der Waals surface area contributed by atoms with Crippen LogP contribution in [-0.4, -0.2) is 52.4 Å². The van der Waals surface area contributed by atoms with Crippen molar-refractivity contribution in [2.45, 2.75) is 24.4 Å². The van der Waals surface area contributed by atoms with Crippen LogP contribution in [0.3, 0.4) is 0 Å². The van der Waals surface area contributed by atoms with E-state index in [9.17, 15) is 14.4 Å². The number of nitrogens with zero attached hydrogens (tertiary/aromatic N) is 4. The Balaban J connectivity index is 1.14. The maximum absolute atomic E-state index is 12.6. The van der Waals surface area contributed by atoms with Crippen molar-refractivity contribution < 1.29 is 23.9 Å². The van der Waals surface area contributed by atoms with Gasteiger partial charge in [0.25, 0.3) is 11.8 Å². The van der Waals surface area contributed by atoms with Gasteiger partial charge in [-0.05, 0) is 54.8 Å². The molecule has 1 aromatic carbocycles. The molecule has 1 spiro atoms. The van der Waals surface area contributed by atoms with E-state index in [1.165, 1.54) is 0 Å². The summed E-state index contributed by atoms with van der Waals surface area (Å²) in [5.41, 5.74) is 0.961. The number of carbonyl (C=O) groups excluding carboxylic acids is 3. The zero-order valence-electron chi connectivity index (χ0n) is 19.6. The fraction of sp³-hybridized carbons (Fsp3) is 0.231. The normalized spacial score (nSPS) is 20.3. The topological polar surface area (TPSA) is 135 Å².